The summed E-state index contributed by atoms with van der Waals surface area (Å²) < 4.78 is 2.64. The molecule has 0 saturated heterocycles. The van der Waals surface area contributed by atoms with Gasteiger partial charge in [-0.1, -0.05) is 30.3 Å². The Labute approximate surface area is 107 Å². The number of thiophene rings is 1. The summed E-state index contributed by atoms with van der Waals surface area (Å²) in [5.41, 5.74) is 2.70. The van der Waals surface area contributed by atoms with Crippen LogP contribution >= 0.6 is 11.3 Å². The van der Waals surface area contributed by atoms with Gasteiger partial charge in [-0.3, -0.25) is 4.68 Å². The summed E-state index contributed by atoms with van der Waals surface area (Å²) in [6.45, 7) is 0. The van der Waals surface area contributed by atoms with Gasteiger partial charge in [0.05, 0.1) is 10.2 Å². The highest BCUT2D eigenvalue weighted by molar-refractivity contribution is 7.21. The Hall–Kier alpha value is -2.14. The van der Waals surface area contributed by atoms with Crippen molar-refractivity contribution in [2.45, 2.75) is 0 Å². The van der Waals surface area contributed by atoms with Crippen LogP contribution in [0, 0.1) is 0 Å². The van der Waals surface area contributed by atoms with Crippen LogP contribution in [0.2, 0.25) is 0 Å². The zero-order valence-electron chi connectivity index (χ0n) is 9.62. The maximum Gasteiger partial charge on any atom is 0.345 e. The van der Waals surface area contributed by atoms with Gasteiger partial charge in [0.1, 0.15) is 10.6 Å². The van der Waals surface area contributed by atoms with E-state index >= 15 is 0 Å². The minimum absolute atomic E-state index is 0.343. The fraction of sp³-hybridized carbons (Fsp3) is 0.0769. The number of fused-ring (bicyclic) bond motifs is 1. The maximum atomic E-state index is 11.0. The summed E-state index contributed by atoms with van der Waals surface area (Å²) in [4.78, 5) is 11.4. The van der Waals surface area contributed by atoms with Crippen LogP contribution in [0.3, 0.4) is 0 Å². The molecule has 0 amide bonds. The van der Waals surface area contributed by atoms with Crippen molar-refractivity contribution in [1.29, 1.82) is 0 Å². The van der Waals surface area contributed by atoms with Crippen LogP contribution in [0.4, 0.5) is 0 Å². The molecule has 1 N–H and O–H groups in total. The van der Waals surface area contributed by atoms with Crippen LogP contribution in [0.25, 0.3) is 21.5 Å². The number of aromatic nitrogens is 2. The topological polar surface area (TPSA) is 55.1 Å². The molecule has 3 rings (SSSR count). The van der Waals surface area contributed by atoms with Crippen molar-refractivity contribution in [2.24, 2.45) is 7.05 Å². The largest absolute Gasteiger partial charge is 0.477 e. The molecule has 18 heavy (non-hydrogen) atoms. The van der Waals surface area contributed by atoms with Crippen molar-refractivity contribution < 1.29 is 9.90 Å². The van der Waals surface area contributed by atoms with Gasteiger partial charge < -0.3 is 5.11 Å². The summed E-state index contributed by atoms with van der Waals surface area (Å²) >= 11 is 1.26. The normalized spacial score (nSPS) is 10.9. The van der Waals surface area contributed by atoms with Gasteiger partial charge in [0.15, 0.2) is 0 Å². The third-order valence-corrected chi connectivity index (χ3v) is 3.90. The number of carboxylic acids is 1. The van der Waals surface area contributed by atoms with Gasteiger partial charge >= 0.3 is 5.97 Å². The third-order valence-electron chi connectivity index (χ3n) is 2.78. The molecule has 0 aliphatic rings. The number of carboxylic acid groups (broad SMARTS) is 1. The second kappa shape index (κ2) is 3.96. The molecule has 0 unspecified atom stereocenters. The van der Waals surface area contributed by atoms with Gasteiger partial charge in [0.25, 0.3) is 0 Å². The van der Waals surface area contributed by atoms with E-state index in [1.165, 1.54) is 11.3 Å². The Bertz CT molecular complexity index is 728. The van der Waals surface area contributed by atoms with Crippen LogP contribution in [0.15, 0.2) is 36.4 Å². The Balaban J connectivity index is 2.27. The highest BCUT2D eigenvalue weighted by atomic mass is 32.1. The monoisotopic (exact) mass is 258 g/mol. The van der Waals surface area contributed by atoms with E-state index in [0.717, 1.165) is 21.5 Å². The smallest absolute Gasteiger partial charge is 0.345 e. The summed E-state index contributed by atoms with van der Waals surface area (Å²) in [7, 11) is 1.83. The van der Waals surface area contributed by atoms with Crippen molar-refractivity contribution in [3.63, 3.8) is 0 Å². The number of benzene rings is 1. The summed E-state index contributed by atoms with van der Waals surface area (Å²) in [5, 5.41) is 13.5. The van der Waals surface area contributed by atoms with Gasteiger partial charge in [-0.05, 0) is 6.07 Å². The first-order valence-electron chi connectivity index (χ1n) is 5.42. The minimum Gasteiger partial charge on any atom is -0.477 e. The molecular formula is C13H10N2O2S. The van der Waals surface area contributed by atoms with Crippen molar-refractivity contribution >= 4 is 27.5 Å². The van der Waals surface area contributed by atoms with Crippen LogP contribution in [0.1, 0.15) is 9.67 Å². The van der Waals surface area contributed by atoms with Gasteiger partial charge in [-0.25, -0.2) is 4.79 Å². The van der Waals surface area contributed by atoms with Gasteiger partial charge in [-0.2, -0.15) is 5.10 Å². The Kier molecular flexibility index (Phi) is 2.41. The van der Waals surface area contributed by atoms with Crippen LogP contribution in [-0.2, 0) is 7.05 Å². The number of hydrogen-bond donors (Lipinski definition) is 1. The van der Waals surface area contributed by atoms with E-state index in [4.69, 9.17) is 5.11 Å². The zero-order valence-corrected chi connectivity index (χ0v) is 10.4. The minimum atomic E-state index is -0.893. The van der Waals surface area contributed by atoms with E-state index in [0.29, 0.717) is 4.88 Å². The summed E-state index contributed by atoms with van der Waals surface area (Å²) in [6, 6.07) is 11.5. The molecule has 1 aromatic carbocycles. The van der Waals surface area contributed by atoms with Crippen LogP contribution < -0.4 is 0 Å². The SMILES string of the molecule is Cn1nc(-c2ccccc2)c2sc(C(=O)O)cc21. The molecule has 90 valence electrons. The van der Waals surface area contributed by atoms with Crippen molar-refractivity contribution in [2.75, 3.05) is 0 Å². The number of aryl methyl sites for hydroxylation is 1. The molecule has 0 fully saturated rings. The Morgan fingerprint density at radius 2 is 2.06 bits per heavy atom. The van der Waals surface area contributed by atoms with Crippen molar-refractivity contribution in [3.05, 3.63) is 41.3 Å². The van der Waals surface area contributed by atoms with E-state index in [1.54, 1.807) is 10.7 Å². The van der Waals surface area contributed by atoms with Gasteiger partial charge in [-0.15, -0.1) is 11.3 Å². The molecule has 3 aromatic rings. The lowest BCUT2D eigenvalue weighted by Crippen LogP contribution is -1.93. The van der Waals surface area contributed by atoms with E-state index in [1.807, 2.05) is 37.4 Å². The maximum absolute atomic E-state index is 11.0. The third kappa shape index (κ3) is 1.60. The first kappa shape index (κ1) is 11.0. The first-order chi connectivity index (χ1) is 8.66. The molecule has 0 saturated carbocycles. The Morgan fingerprint density at radius 1 is 1.33 bits per heavy atom. The first-order valence-corrected chi connectivity index (χ1v) is 6.23. The Morgan fingerprint density at radius 3 is 2.72 bits per heavy atom. The highest BCUT2D eigenvalue weighted by Gasteiger charge is 2.16. The molecule has 0 spiro atoms. The molecule has 2 aromatic heterocycles. The van der Waals surface area contributed by atoms with Crippen molar-refractivity contribution in [3.8, 4) is 11.3 Å². The molecule has 0 aliphatic heterocycles. The van der Waals surface area contributed by atoms with Crippen LogP contribution in [0.5, 0.6) is 0 Å². The number of hydrogen-bond acceptors (Lipinski definition) is 3. The molecule has 0 atom stereocenters. The standard InChI is InChI=1S/C13H10N2O2S/c1-15-9-7-10(13(16)17)18-12(9)11(14-15)8-5-3-2-4-6-8/h2-7H,1H3,(H,16,17). The molecule has 0 radical (unpaired) electrons. The fourth-order valence-corrected chi connectivity index (χ4v) is 2.96. The lowest BCUT2D eigenvalue weighted by Gasteiger charge is -1.95. The molecule has 5 heteroatoms. The molecule has 4 nitrogen and oxygen atoms in total. The van der Waals surface area contributed by atoms with Gasteiger partial charge in [0.2, 0.25) is 0 Å². The van der Waals surface area contributed by atoms with E-state index in [2.05, 4.69) is 5.10 Å². The lowest BCUT2D eigenvalue weighted by atomic mass is 10.1. The average molecular weight is 258 g/mol. The molecule has 0 aliphatic carbocycles. The lowest BCUT2D eigenvalue weighted by molar-refractivity contribution is 0.0702. The average Bonchev–Trinajstić information content (AvgIpc) is 2.92. The predicted octanol–water partition coefficient (Wildman–Crippen LogP) is 3.00. The molecule has 0 bridgehead atoms. The number of carbonyl (C=O) groups is 1. The summed E-state index contributed by atoms with van der Waals surface area (Å²) in [6.07, 6.45) is 0. The predicted molar refractivity (Wildman–Crippen MR) is 71.0 cm³/mol. The number of nitrogens with zero attached hydrogens (tertiary/aromatic N) is 2. The fourth-order valence-electron chi connectivity index (χ4n) is 1.93. The highest BCUT2D eigenvalue weighted by Crippen LogP contribution is 2.34. The second-order valence-corrected chi connectivity index (χ2v) is 5.02. The van der Waals surface area contributed by atoms with E-state index in [9.17, 15) is 4.79 Å². The number of rotatable bonds is 2. The van der Waals surface area contributed by atoms with Gasteiger partial charge in [0, 0.05) is 12.6 Å². The van der Waals surface area contributed by atoms with E-state index < -0.39 is 5.97 Å². The zero-order chi connectivity index (χ0) is 12.7. The van der Waals surface area contributed by atoms with E-state index in [-0.39, 0.29) is 0 Å². The van der Waals surface area contributed by atoms with Crippen molar-refractivity contribution in [1.82, 2.24) is 9.78 Å². The molecular weight excluding hydrogens is 248 g/mol. The second-order valence-electron chi connectivity index (χ2n) is 3.97. The number of aromatic carboxylic acids is 1. The molecule has 2 heterocycles. The summed E-state index contributed by atoms with van der Waals surface area (Å²) in [5.74, 6) is -0.893. The van der Waals surface area contributed by atoms with Crippen LogP contribution in [-0.4, -0.2) is 20.9 Å². The quantitative estimate of drug-likeness (QED) is 0.768.